The molecule has 26 heavy (non-hydrogen) atoms. The third-order valence-corrected chi connectivity index (χ3v) is 5.06. The van der Waals surface area contributed by atoms with Crippen LogP contribution in [-0.4, -0.2) is 42.9 Å². The van der Waals surface area contributed by atoms with Crippen LogP contribution in [0.4, 0.5) is 11.4 Å². The number of amides is 2. The van der Waals surface area contributed by atoms with E-state index < -0.39 is 0 Å². The number of halogens is 1. The van der Waals surface area contributed by atoms with Crippen LogP contribution in [-0.2, 0) is 4.79 Å². The van der Waals surface area contributed by atoms with Crippen LogP contribution in [0.2, 0.25) is 0 Å². The van der Waals surface area contributed by atoms with E-state index in [2.05, 4.69) is 26.1 Å². The third-order valence-electron chi connectivity index (χ3n) is 4.53. The Morgan fingerprint density at radius 3 is 2.31 bits per heavy atom. The lowest BCUT2D eigenvalue weighted by Gasteiger charge is -2.36. The van der Waals surface area contributed by atoms with E-state index in [-0.39, 0.29) is 11.8 Å². The molecule has 0 atom stereocenters. The second-order valence-electron chi connectivity index (χ2n) is 6.20. The summed E-state index contributed by atoms with van der Waals surface area (Å²) >= 11 is 3.38. The Balaban J connectivity index is 1.72. The molecule has 0 radical (unpaired) electrons. The molecule has 2 aromatic rings. The fourth-order valence-electron chi connectivity index (χ4n) is 3.07. The molecule has 2 amide bonds. The molecule has 1 fully saturated rings. The highest BCUT2D eigenvalue weighted by Crippen LogP contribution is 2.27. The molecule has 0 spiro atoms. The fraction of sp³-hybridized carbons (Fsp3) is 0.300. The van der Waals surface area contributed by atoms with Crippen molar-refractivity contribution in [3.8, 4) is 0 Å². The number of para-hydroxylation sites is 2. The van der Waals surface area contributed by atoms with E-state index in [4.69, 9.17) is 0 Å². The second kappa shape index (κ2) is 8.36. The summed E-state index contributed by atoms with van der Waals surface area (Å²) in [5, 5.41) is 3.01. The molecule has 1 heterocycles. The largest absolute Gasteiger partial charge is 0.366 e. The van der Waals surface area contributed by atoms with Crippen molar-refractivity contribution in [1.29, 1.82) is 0 Å². The van der Waals surface area contributed by atoms with Crippen molar-refractivity contribution in [2.75, 3.05) is 36.4 Å². The highest BCUT2D eigenvalue weighted by atomic mass is 79.9. The normalized spacial score (nSPS) is 14.2. The summed E-state index contributed by atoms with van der Waals surface area (Å²) < 4.78 is 0.939. The minimum Gasteiger partial charge on any atom is -0.366 e. The minimum absolute atomic E-state index is 0.134. The van der Waals surface area contributed by atoms with Crippen molar-refractivity contribution in [2.45, 2.75) is 13.3 Å². The molecule has 3 rings (SSSR count). The smallest absolute Gasteiger partial charge is 0.255 e. The first kappa shape index (κ1) is 18.5. The zero-order valence-electron chi connectivity index (χ0n) is 14.7. The second-order valence-corrected chi connectivity index (χ2v) is 7.12. The Kier molecular flexibility index (Phi) is 5.93. The Hall–Kier alpha value is -2.34. The number of nitrogens with zero attached hydrogens (tertiary/aromatic N) is 2. The van der Waals surface area contributed by atoms with Gasteiger partial charge in [-0.1, -0.05) is 35.0 Å². The van der Waals surface area contributed by atoms with Crippen molar-refractivity contribution < 1.29 is 9.59 Å². The zero-order valence-corrected chi connectivity index (χ0v) is 16.3. The highest BCUT2D eigenvalue weighted by Gasteiger charge is 2.22. The van der Waals surface area contributed by atoms with Gasteiger partial charge in [0.05, 0.1) is 11.4 Å². The van der Waals surface area contributed by atoms with Crippen LogP contribution >= 0.6 is 15.9 Å². The van der Waals surface area contributed by atoms with Crippen LogP contribution in [0.3, 0.4) is 0 Å². The molecule has 0 aliphatic carbocycles. The van der Waals surface area contributed by atoms with Gasteiger partial charge in [0, 0.05) is 42.6 Å². The van der Waals surface area contributed by atoms with E-state index in [1.165, 1.54) is 0 Å². The number of benzene rings is 2. The number of anilines is 2. The van der Waals surface area contributed by atoms with Crippen molar-refractivity contribution in [2.24, 2.45) is 0 Å². The van der Waals surface area contributed by atoms with E-state index in [1.807, 2.05) is 48.2 Å². The first-order valence-electron chi connectivity index (χ1n) is 8.77. The van der Waals surface area contributed by atoms with Crippen molar-refractivity contribution in [3.05, 3.63) is 58.6 Å². The zero-order chi connectivity index (χ0) is 18.5. The molecule has 1 aliphatic heterocycles. The number of hydrogen-bond acceptors (Lipinski definition) is 3. The van der Waals surface area contributed by atoms with E-state index in [0.29, 0.717) is 25.1 Å². The maximum atomic E-state index is 12.5. The summed E-state index contributed by atoms with van der Waals surface area (Å²) in [5.74, 6) is 0.0613. The highest BCUT2D eigenvalue weighted by molar-refractivity contribution is 9.10. The SMILES string of the molecule is CCC(=O)N1CCN(c2ccccc2NC(=O)c2ccc(Br)cc2)CC1. The van der Waals surface area contributed by atoms with E-state index in [9.17, 15) is 9.59 Å². The maximum Gasteiger partial charge on any atom is 0.255 e. The van der Waals surface area contributed by atoms with Gasteiger partial charge in [0.15, 0.2) is 0 Å². The van der Waals surface area contributed by atoms with Crippen LogP contribution in [0.15, 0.2) is 53.0 Å². The number of rotatable bonds is 4. The van der Waals surface area contributed by atoms with Crippen LogP contribution in [0.1, 0.15) is 23.7 Å². The van der Waals surface area contributed by atoms with Gasteiger partial charge in [0.2, 0.25) is 5.91 Å². The standard InChI is InChI=1S/C20H22BrN3O2/c1-2-19(25)24-13-11-23(12-14-24)18-6-4-3-5-17(18)22-20(26)15-7-9-16(21)10-8-15/h3-10H,2,11-14H2,1H3,(H,22,26). The van der Waals surface area contributed by atoms with Gasteiger partial charge in [-0.2, -0.15) is 0 Å². The fourth-order valence-corrected chi connectivity index (χ4v) is 3.34. The van der Waals surface area contributed by atoms with Gasteiger partial charge in [-0.15, -0.1) is 0 Å². The predicted octanol–water partition coefficient (Wildman–Crippen LogP) is 3.76. The molecule has 0 saturated carbocycles. The average Bonchev–Trinajstić information content (AvgIpc) is 2.68. The molecule has 0 bridgehead atoms. The molecule has 1 aliphatic rings. The third kappa shape index (κ3) is 4.25. The van der Waals surface area contributed by atoms with Gasteiger partial charge in [0.1, 0.15) is 0 Å². The molecule has 6 heteroatoms. The van der Waals surface area contributed by atoms with E-state index in [1.54, 1.807) is 12.1 Å². The molecule has 136 valence electrons. The van der Waals surface area contributed by atoms with Crippen LogP contribution in [0.25, 0.3) is 0 Å². The average molecular weight is 416 g/mol. The van der Waals surface area contributed by atoms with E-state index in [0.717, 1.165) is 28.9 Å². The first-order chi connectivity index (χ1) is 12.6. The Labute approximate surface area is 162 Å². The van der Waals surface area contributed by atoms with Gasteiger partial charge >= 0.3 is 0 Å². The van der Waals surface area contributed by atoms with Crippen LogP contribution in [0, 0.1) is 0 Å². The number of nitrogens with one attached hydrogen (secondary N) is 1. The number of hydrogen-bond donors (Lipinski definition) is 1. The van der Waals surface area contributed by atoms with Gasteiger partial charge in [-0.3, -0.25) is 9.59 Å². The maximum absolute atomic E-state index is 12.5. The monoisotopic (exact) mass is 415 g/mol. The number of carbonyl (C=O) groups is 2. The van der Waals surface area contributed by atoms with E-state index >= 15 is 0 Å². The summed E-state index contributed by atoms with van der Waals surface area (Å²) in [7, 11) is 0. The number of carbonyl (C=O) groups excluding carboxylic acids is 2. The van der Waals surface area contributed by atoms with Gasteiger partial charge < -0.3 is 15.1 Å². The summed E-state index contributed by atoms with van der Waals surface area (Å²) in [4.78, 5) is 28.5. The van der Waals surface area contributed by atoms with Crippen LogP contribution < -0.4 is 10.2 Å². The molecule has 5 nitrogen and oxygen atoms in total. The summed E-state index contributed by atoms with van der Waals surface area (Å²) in [5.41, 5.74) is 2.39. The summed E-state index contributed by atoms with van der Waals surface area (Å²) in [6.07, 6.45) is 0.542. The lowest BCUT2D eigenvalue weighted by atomic mass is 10.1. The quantitative estimate of drug-likeness (QED) is 0.826. The van der Waals surface area contributed by atoms with Crippen molar-refractivity contribution >= 4 is 39.1 Å². The van der Waals surface area contributed by atoms with Gasteiger partial charge in [-0.05, 0) is 36.4 Å². The van der Waals surface area contributed by atoms with Crippen molar-refractivity contribution in [1.82, 2.24) is 4.90 Å². The molecular formula is C20H22BrN3O2. The van der Waals surface area contributed by atoms with Gasteiger partial charge in [-0.25, -0.2) is 0 Å². The topological polar surface area (TPSA) is 52.7 Å². The van der Waals surface area contributed by atoms with Gasteiger partial charge in [0.25, 0.3) is 5.91 Å². The van der Waals surface area contributed by atoms with Crippen molar-refractivity contribution in [3.63, 3.8) is 0 Å². The molecule has 0 unspecified atom stereocenters. The Morgan fingerprint density at radius 2 is 1.65 bits per heavy atom. The summed E-state index contributed by atoms with van der Waals surface area (Å²) in [6.45, 7) is 4.83. The predicted molar refractivity (Wildman–Crippen MR) is 108 cm³/mol. The lowest BCUT2D eigenvalue weighted by molar-refractivity contribution is -0.131. The number of piperazine rings is 1. The molecule has 2 aromatic carbocycles. The lowest BCUT2D eigenvalue weighted by Crippen LogP contribution is -2.48. The first-order valence-corrected chi connectivity index (χ1v) is 9.56. The Bertz CT molecular complexity index is 784. The molecule has 0 aromatic heterocycles. The minimum atomic E-state index is -0.134. The molecule has 1 saturated heterocycles. The summed E-state index contributed by atoms with van der Waals surface area (Å²) in [6, 6.07) is 15.1. The Morgan fingerprint density at radius 1 is 1.00 bits per heavy atom. The van der Waals surface area contributed by atoms with Crippen LogP contribution in [0.5, 0.6) is 0 Å². The molecule has 1 N–H and O–H groups in total. The molecular weight excluding hydrogens is 394 g/mol.